The Balaban J connectivity index is 1.96. The first kappa shape index (κ1) is 17.7. The number of nitrogens with one attached hydrogen (secondary N) is 2. The molecule has 1 aromatic carbocycles. The summed E-state index contributed by atoms with van der Waals surface area (Å²) in [5, 5.41) is 8.97. The molecule has 4 N–H and O–H groups in total. The third-order valence-electron chi connectivity index (χ3n) is 3.24. The zero-order valence-electron chi connectivity index (χ0n) is 13.5. The van der Waals surface area contributed by atoms with Gasteiger partial charge in [0.05, 0.1) is 11.9 Å². The number of aromatic nitrogens is 3. The predicted octanol–water partition coefficient (Wildman–Crippen LogP) is -0.180. The fourth-order valence-electron chi connectivity index (χ4n) is 2.04. The number of carbonyl (C=O) groups excluding carboxylic acids is 1. The molecule has 0 aliphatic carbocycles. The third-order valence-corrected chi connectivity index (χ3v) is 4.38. The van der Waals surface area contributed by atoms with Gasteiger partial charge in [-0.2, -0.15) is 4.98 Å². The number of H-pyrrole nitrogens is 1. The fourth-order valence-corrected chi connectivity index (χ4v) is 2.90. The molecule has 0 spiro atoms. The van der Waals surface area contributed by atoms with Crippen LogP contribution in [0.25, 0.3) is 0 Å². The van der Waals surface area contributed by atoms with Crippen molar-refractivity contribution in [3.8, 4) is 0 Å². The molecule has 9 nitrogen and oxygen atoms in total. The van der Waals surface area contributed by atoms with Gasteiger partial charge in [-0.25, -0.2) is 8.42 Å². The molecule has 1 aromatic heterocycles. The van der Waals surface area contributed by atoms with Crippen molar-refractivity contribution in [1.82, 2.24) is 20.5 Å². The maximum Gasteiger partial charge on any atom is 0.240 e. The average Bonchev–Trinajstić information content (AvgIpc) is 2.90. The number of anilines is 2. The van der Waals surface area contributed by atoms with Gasteiger partial charge < -0.3 is 11.1 Å². The summed E-state index contributed by atoms with van der Waals surface area (Å²) in [5.41, 5.74) is 6.83. The van der Waals surface area contributed by atoms with Crippen LogP contribution in [0.2, 0.25) is 0 Å². The average molecular weight is 352 g/mol. The maximum atomic E-state index is 12.0. The number of benzene rings is 1. The Morgan fingerprint density at radius 3 is 2.54 bits per heavy atom. The normalized spacial score (nSPS) is 11.2. The number of nitrogens with zero attached hydrogens (tertiary/aromatic N) is 3. The van der Waals surface area contributed by atoms with Gasteiger partial charge >= 0.3 is 0 Å². The van der Waals surface area contributed by atoms with Gasteiger partial charge in [-0.15, -0.1) is 5.10 Å². The van der Waals surface area contributed by atoms with Crippen LogP contribution < -0.4 is 15.4 Å². The molecule has 0 atom stereocenters. The van der Waals surface area contributed by atoms with E-state index < -0.39 is 15.9 Å². The predicted molar refractivity (Wildman–Crippen MR) is 90.9 cm³/mol. The monoisotopic (exact) mass is 352 g/mol. The first-order valence-corrected chi connectivity index (χ1v) is 9.08. The number of aromatic amines is 1. The van der Waals surface area contributed by atoms with Gasteiger partial charge in [-0.3, -0.25) is 14.2 Å². The number of sulfonamides is 1. The van der Waals surface area contributed by atoms with Gasteiger partial charge in [-0.1, -0.05) is 17.7 Å². The minimum atomic E-state index is -3.57. The number of rotatable bonds is 7. The second kappa shape index (κ2) is 7.30. The van der Waals surface area contributed by atoms with E-state index in [1.807, 2.05) is 6.92 Å². The lowest BCUT2D eigenvalue weighted by Gasteiger charge is -2.22. The highest BCUT2D eigenvalue weighted by atomic mass is 32.2. The van der Waals surface area contributed by atoms with Crippen molar-refractivity contribution in [1.29, 1.82) is 0 Å². The molecule has 0 saturated heterocycles. The molecule has 2 aromatic rings. The lowest BCUT2D eigenvalue weighted by atomic mass is 10.2. The molecule has 0 fully saturated rings. The van der Waals surface area contributed by atoms with Crippen molar-refractivity contribution in [3.05, 3.63) is 35.7 Å². The molecule has 1 heterocycles. The largest absolute Gasteiger partial charge is 0.367 e. The number of amides is 1. The molecule has 0 aliphatic heterocycles. The van der Waals surface area contributed by atoms with Crippen molar-refractivity contribution < 1.29 is 13.2 Å². The molecule has 0 unspecified atom stereocenters. The molecular weight excluding hydrogens is 332 g/mol. The Bertz CT molecular complexity index is 800. The third kappa shape index (κ3) is 4.95. The lowest BCUT2D eigenvalue weighted by molar-refractivity contribution is -0.119. The van der Waals surface area contributed by atoms with Crippen LogP contribution >= 0.6 is 0 Å². The van der Waals surface area contributed by atoms with E-state index >= 15 is 0 Å². The minimum absolute atomic E-state index is 0.138. The Labute approximate surface area is 140 Å². The molecule has 130 valence electrons. The molecule has 2 rings (SSSR count). The zero-order valence-corrected chi connectivity index (χ0v) is 14.3. The number of nitrogen functional groups attached to an aromatic ring is 1. The Morgan fingerprint density at radius 1 is 1.33 bits per heavy atom. The summed E-state index contributed by atoms with van der Waals surface area (Å²) in [6.45, 7) is 1.90. The number of carbonyl (C=O) groups is 1. The van der Waals surface area contributed by atoms with Crippen molar-refractivity contribution >= 4 is 27.6 Å². The van der Waals surface area contributed by atoms with Gasteiger partial charge in [0.1, 0.15) is 12.4 Å². The molecule has 1 amide bonds. The summed E-state index contributed by atoms with van der Waals surface area (Å²) in [6, 6.07) is 6.92. The second-order valence-electron chi connectivity index (χ2n) is 5.35. The van der Waals surface area contributed by atoms with E-state index in [2.05, 4.69) is 20.5 Å². The highest BCUT2D eigenvalue weighted by molar-refractivity contribution is 7.92. The van der Waals surface area contributed by atoms with E-state index in [9.17, 15) is 13.2 Å². The summed E-state index contributed by atoms with van der Waals surface area (Å²) in [7, 11) is -3.57. The van der Waals surface area contributed by atoms with Crippen LogP contribution in [0.1, 0.15) is 11.4 Å². The van der Waals surface area contributed by atoms with Crippen LogP contribution in [-0.2, 0) is 21.2 Å². The van der Waals surface area contributed by atoms with E-state index in [1.165, 1.54) is 0 Å². The van der Waals surface area contributed by atoms with E-state index in [4.69, 9.17) is 5.73 Å². The second-order valence-corrected chi connectivity index (χ2v) is 7.25. The topological polar surface area (TPSA) is 134 Å². The highest BCUT2D eigenvalue weighted by Crippen LogP contribution is 2.17. The van der Waals surface area contributed by atoms with Gasteiger partial charge in [0.2, 0.25) is 21.9 Å². The van der Waals surface area contributed by atoms with Crippen LogP contribution in [0.3, 0.4) is 0 Å². The van der Waals surface area contributed by atoms with Gasteiger partial charge in [0.15, 0.2) is 0 Å². The number of hydrogen-bond acceptors (Lipinski definition) is 6. The van der Waals surface area contributed by atoms with Crippen molar-refractivity contribution in [2.45, 2.75) is 13.3 Å². The van der Waals surface area contributed by atoms with Gasteiger partial charge in [-0.05, 0) is 19.1 Å². The van der Waals surface area contributed by atoms with Crippen molar-refractivity contribution in [2.24, 2.45) is 0 Å². The summed E-state index contributed by atoms with van der Waals surface area (Å²) in [5.74, 6) is 0.277. The Hall–Kier alpha value is -2.62. The fraction of sp³-hybridized carbons (Fsp3) is 0.357. The maximum absolute atomic E-state index is 12.0. The van der Waals surface area contributed by atoms with E-state index in [0.29, 0.717) is 24.5 Å². The van der Waals surface area contributed by atoms with Crippen molar-refractivity contribution in [3.63, 3.8) is 0 Å². The highest BCUT2D eigenvalue weighted by Gasteiger charge is 2.20. The molecule has 0 saturated carbocycles. The van der Waals surface area contributed by atoms with E-state index in [-0.39, 0.29) is 12.5 Å². The quantitative estimate of drug-likeness (QED) is 0.633. The molecule has 0 aliphatic rings. The molecule has 10 heteroatoms. The Morgan fingerprint density at radius 2 is 2.00 bits per heavy atom. The summed E-state index contributed by atoms with van der Waals surface area (Å²) < 4.78 is 25.0. The summed E-state index contributed by atoms with van der Waals surface area (Å²) in [6.07, 6.45) is 1.48. The number of nitrogens with two attached hydrogens (primary N) is 1. The molecule has 0 radical (unpaired) electrons. The van der Waals surface area contributed by atoms with Crippen LogP contribution in [-0.4, -0.2) is 48.9 Å². The van der Waals surface area contributed by atoms with Gasteiger partial charge in [0, 0.05) is 13.0 Å². The zero-order chi connectivity index (χ0) is 17.7. The first-order valence-electron chi connectivity index (χ1n) is 7.23. The van der Waals surface area contributed by atoms with Crippen LogP contribution in [0, 0.1) is 6.92 Å². The lowest BCUT2D eigenvalue weighted by Crippen LogP contribution is -2.41. The molecule has 0 bridgehead atoms. The molecular formula is C14H20N6O3S. The number of aryl methyl sites for hydroxylation is 1. The smallest absolute Gasteiger partial charge is 0.240 e. The standard InChI is InChI=1S/C14H20N6O3S/c1-10-3-5-11(6-4-10)20(24(2,22)23)9-13(21)16-8-7-12-17-14(15)19-18-12/h3-6H,7-9H2,1-2H3,(H,16,21)(H3,15,17,18,19). The van der Waals surface area contributed by atoms with Gasteiger partial charge in [0.25, 0.3) is 0 Å². The van der Waals surface area contributed by atoms with E-state index in [1.54, 1.807) is 24.3 Å². The first-order chi connectivity index (χ1) is 11.3. The summed E-state index contributed by atoms with van der Waals surface area (Å²) >= 11 is 0. The number of hydrogen-bond donors (Lipinski definition) is 3. The Kier molecular flexibility index (Phi) is 5.39. The van der Waals surface area contributed by atoms with Crippen molar-refractivity contribution in [2.75, 3.05) is 29.4 Å². The molecule has 24 heavy (non-hydrogen) atoms. The minimum Gasteiger partial charge on any atom is -0.367 e. The SMILES string of the molecule is Cc1ccc(N(CC(=O)NCCc2nc(N)n[nH]2)S(C)(=O)=O)cc1. The summed E-state index contributed by atoms with van der Waals surface area (Å²) in [4.78, 5) is 16.0. The van der Waals surface area contributed by atoms with Crippen LogP contribution in [0.4, 0.5) is 11.6 Å². The van der Waals surface area contributed by atoms with Crippen LogP contribution in [0.5, 0.6) is 0 Å². The van der Waals surface area contributed by atoms with E-state index in [0.717, 1.165) is 16.1 Å². The van der Waals surface area contributed by atoms with Crippen LogP contribution in [0.15, 0.2) is 24.3 Å².